The first-order chi connectivity index (χ1) is 14.6. The monoisotopic (exact) mass is 419 g/mol. The predicted octanol–water partition coefficient (Wildman–Crippen LogP) is 4.09. The molecule has 150 valence electrons. The number of para-hydroxylation sites is 1. The molecule has 0 unspecified atom stereocenters. The first-order valence-electron chi connectivity index (χ1n) is 9.62. The summed E-state index contributed by atoms with van der Waals surface area (Å²) in [7, 11) is 0. The predicted molar refractivity (Wildman–Crippen MR) is 113 cm³/mol. The molecule has 6 nitrogen and oxygen atoms in total. The van der Waals surface area contributed by atoms with E-state index in [4.69, 9.17) is 16.4 Å². The molecule has 0 spiro atoms. The summed E-state index contributed by atoms with van der Waals surface area (Å²) in [5.41, 5.74) is 2.81. The number of pyridine rings is 1. The quantitative estimate of drug-likeness (QED) is 0.598. The molecule has 2 aliphatic heterocycles. The normalized spacial score (nSPS) is 23.2. The minimum Gasteiger partial charge on any atom is -0.273 e. The van der Waals surface area contributed by atoms with E-state index in [0.29, 0.717) is 16.3 Å². The molecule has 0 saturated carbocycles. The Hall–Kier alpha value is -3.22. The molecule has 5 rings (SSSR count). The van der Waals surface area contributed by atoms with Gasteiger partial charge in [-0.05, 0) is 54.4 Å². The summed E-state index contributed by atoms with van der Waals surface area (Å²) < 4.78 is 0. The number of nitrogens with zero attached hydrogens (tertiary/aromatic N) is 3. The van der Waals surface area contributed by atoms with Crippen LogP contribution in [-0.2, 0) is 14.4 Å². The van der Waals surface area contributed by atoms with Crippen LogP contribution in [0.1, 0.15) is 17.2 Å². The molecule has 3 heterocycles. The standard InChI is InChI=1S/C23H18ClN3O3/c1-14-17(24)8-5-9-18(14)26-22(28)19-20(15-10-12-25-13-11-15)27(30-21(19)23(26)29)16-6-3-2-4-7-16/h2-13,19-21H,1H3/t19-,20+,21-/m0/s1. The highest BCUT2D eigenvalue weighted by Crippen LogP contribution is 2.48. The molecule has 1 aromatic heterocycles. The molecular formula is C23H18ClN3O3. The largest absolute Gasteiger partial charge is 0.273 e. The van der Waals surface area contributed by atoms with E-state index in [1.54, 1.807) is 42.6 Å². The van der Waals surface area contributed by atoms with E-state index in [0.717, 1.165) is 11.3 Å². The van der Waals surface area contributed by atoms with E-state index < -0.39 is 18.1 Å². The second kappa shape index (κ2) is 7.23. The van der Waals surface area contributed by atoms with Crippen molar-refractivity contribution in [2.75, 3.05) is 9.96 Å². The van der Waals surface area contributed by atoms with Crippen LogP contribution < -0.4 is 9.96 Å². The van der Waals surface area contributed by atoms with E-state index in [-0.39, 0.29) is 11.8 Å². The second-order valence-corrected chi connectivity index (χ2v) is 7.74. The zero-order valence-corrected chi connectivity index (χ0v) is 16.9. The van der Waals surface area contributed by atoms with E-state index in [1.807, 2.05) is 42.5 Å². The summed E-state index contributed by atoms with van der Waals surface area (Å²) in [6.45, 7) is 1.80. The average molecular weight is 420 g/mol. The van der Waals surface area contributed by atoms with Gasteiger partial charge in [-0.2, -0.15) is 0 Å². The highest BCUT2D eigenvalue weighted by molar-refractivity contribution is 6.32. The van der Waals surface area contributed by atoms with Crippen LogP contribution >= 0.6 is 11.6 Å². The smallest absolute Gasteiger partial charge is 0.266 e. The first kappa shape index (κ1) is 18.8. The molecular weight excluding hydrogens is 402 g/mol. The van der Waals surface area contributed by atoms with E-state index >= 15 is 0 Å². The minimum atomic E-state index is -0.908. The van der Waals surface area contributed by atoms with Gasteiger partial charge in [0.2, 0.25) is 5.91 Å². The number of amides is 2. The number of halogens is 1. The fourth-order valence-electron chi connectivity index (χ4n) is 4.19. The first-order valence-corrected chi connectivity index (χ1v) is 9.99. The number of carbonyl (C=O) groups excluding carboxylic acids is 2. The maximum Gasteiger partial charge on any atom is 0.266 e. The molecule has 3 aromatic rings. The Morgan fingerprint density at radius 1 is 0.933 bits per heavy atom. The fraction of sp³-hybridized carbons (Fsp3) is 0.174. The van der Waals surface area contributed by atoms with Gasteiger partial charge in [-0.15, -0.1) is 0 Å². The van der Waals surface area contributed by atoms with Gasteiger partial charge in [0, 0.05) is 17.4 Å². The molecule has 30 heavy (non-hydrogen) atoms. The van der Waals surface area contributed by atoms with Crippen molar-refractivity contribution in [3.8, 4) is 0 Å². The van der Waals surface area contributed by atoms with Crippen LogP contribution in [0, 0.1) is 12.8 Å². The Labute approximate surface area is 178 Å². The third-order valence-corrected chi connectivity index (χ3v) is 6.06. The summed E-state index contributed by atoms with van der Waals surface area (Å²) in [6.07, 6.45) is 2.44. The van der Waals surface area contributed by atoms with Crippen molar-refractivity contribution in [3.05, 3.63) is 89.2 Å². The molecule has 0 bridgehead atoms. The van der Waals surface area contributed by atoms with Gasteiger partial charge in [-0.1, -0.05) is 35.9 Å². The van der Waals surface area contributed by atoms with Crippen molar-refractivity contribution in [2.24, 2.45) is 5.92 Å². The van der Waals surface area contributed by atoms with Crippen molar-refractivity contribution in [3.63, 3.8) is 0 Å². The lowest BCUT2D eigenvalue weighted by molar-refractivity contribution is -0.126. The van der Waals surface area contributed by atoms with Gasteiger partial charge in [0.15, 0.2) is 6.10 Å². The highest BCUT2D eigenvalue weighted by atomic mass is 35.5. The van der Waals surface area contributed by atoms with Crippen LogP contribution in [0.3, 0.4) is 0 Å². The Kier molecular flexibility index (Phi) is 4.53. The van der Waals surface area contributed by atoms with Crippen LogP contribution in [-0.4, -0.2) is 22.9 Å². The van der Waals surface area contributed by atoms with E-state index in [1.165, 1.54) is 4.90 Å². The molecule has 0 radical (unpaired) electrons. The molecule has 3 atom stereocenters. The summed E-state index contributed by atoms with van der Waals surface area (Å²) in [5.74, 6) is -1.36. The van der Waals surface area contributed by atoms with Crippen LogP contribution in [0.15, 0.2) is 73.1 Å². The number of aromatic nitrogens is 1. The Morgan fingerprint density at radius 3 is 2.40 bits per heavy atom. The highest BCUT2D eigenvalue weighted by Gasteiger charge is 2.60. The van der Waals surface area contributed by atoms with Crippen molar-refractivity contribution >= 4 is 34.8 Å². The van der Waals surface area contributed by atoms with Crippen LogP contribution in [0.5, 0.6) is 0 Å². The molecule has 2 aromatic carbocycles. The lowest BCUT2D eigenvalue weighted by Gasteiger charge is -2.29. The number of benzene rings is 2. The molecule has 0 N–H and O–H groups in total. The number of hydroxylamine groups is 1. The number of rotatable bonds is 3. The zero-order chi connectivity index (χ0) is 20.8. The molecule has 2 fully saturated rings. The fourth-order valence-corrected chi connectivity index (χ4v) is 4.36. The van der Waals surface area contributed by atoms with Gasteiger partial charge in [0.1, 0.15) is 5.92 Å². The lowest BCUT2D eigenvalue weighted by atomic mass is 9.91. The third kappa shape index (κ3) is 2.80. The minimum absolute atomic E-state index is 0.296. The second-order valence-electron chi connectivity index (χ2n) is 7.33. The van der Waals surface area contributed by atoms with Gasteiger partial charge in [0.25, 0.3) is 5.91 Å². The van der Waals surface area contributed by atoms with E-state index in [9.17, 15) is 9.59 Å². The topological polar surface area (TPSA) is 62.7 Å². The van der Waals surface area contributed by atoms with Crippen LogP contribution in [0.4, 0.5) is 11.4 Å². The number of fused-ring (bicyclic) bond motifs is 1. The van der Waals surface area contributed by atoms with Crippen LogP contribution in [0.25, 0.3) is 0 Å². The number of anilines is 2. The maximum atomic E-state index is 13.6. The lowest BCUT2D eigenvalue weighted by Crippen LogP contribution is -2.37. The Morgan fingerprint density at radius 2 is 1.67 bits per heavy atom. The summed E-state index contributed by atoms with van der Waals surface area (Å²) in [6, 6.07) is 17.9. The van der Waals surface area contributed by atoms with Gasteiger partial charge in [-0.25, -0.2) is 9.96 Å². The number of hydrogen-bond donors (Lipinski definition) is 0. The van der Waals surface area contributed by atoms with Gasteiger partial charge in [-0.3, -0.25) is 19.4 Å². The van der Waals surface area contributed by atoms with Crippen LogP contribution in [0.2, 0.25) is 5.02 Å². The van der Waals surface area contributed by atoms with Crippen molar-refractivity contribution in [1.82, 2.24) is 4.98 Å². The number of imide groups is 1. The number of hydrogen-bond acceptors (Lipinski definition) is 5. The maximum absolute atomic E-state index is 13.6. The Balaban J connectivity index is 1.60. The Bertz CT molecular complexity index is 1120. The summed E-state index contributed by atoms with van der Waals surface area (Å²) in [4.78, 5) is 38.3. The number of carbonyl (C=O) groups is 2. The molecule has 2 aliphatic rings. The summed E-state index contributed by atoms with van der Waals surface area (Å²) in [5, 5.41) is 2.17. The molecule has 2 amide bonds. The molecule has 7 heteroatoms. The van der Waals surface area contributed by atoms with E-state index in [2.05, 4.69) is 4.98 Å². The van der Waals surface area contributed by atoms with Gasteiger partial charge < -0.3 is 0 Å². The van der Waals surface area contributed by atoms with Gasteiger partial charge >= 0.3 is 0 Å². The average Bonchev–Trinajstić information content (AvgIpc) is 3.28. The SMILES string of the molecule is Cc1c(Cl)cccc1N1C(=O)[C@@H]2[C@H](ON(c3ccccc3)[C@@H]2c2ccncc2)C1=O. The van der Waals surface area contributed by atoms with Gasteiger partial charge in [0.05, 0.1) is 17.4 Å². The molecule has 2 saturated heterocycles. The third-order valence-electron chi connectivity index (χ3n) is 5.65. The zero-order valence-electron chi connectivity index (χ0n) is 16.1. The summed E-state index contributed by atoms with van der Waals surface area (Å²) >= 11 is 6.24. The van der Waals surface area contributed by atoms with Crippen molar-refractivity contribution in [1.29, 1.82) is 0 Å². The molecule has 0 aliphatic carbocycles. The van der Waals surface area contributed by atoms with Crippen molar-refractivity contribution in [2.45, 2.75) is 19.1 Å². The van der Waals surface area contributed by atoms with Crippen molar-refractivity contribution < 1.29 is 14.4 Å².